The normalized spacial score (nSPS) is 21.6. The number of rotatable bonds is 5. The molecule has 19 heavy (non-hydrogen) atoms. The summed E-state index contributed by atoms with van der Waals surface area (Å²) < 4.78 is 5.11. The third kappa shape index (κ3) is 3.26. The molecule has 104 valence electrons. The Bertz CT molecular complexity index is 470. The summed E-state index contributed by atoms with van der Waals surface area (Å²) in [5.41, 5.74) is 0.861. The standard InChI is InChI=1S/C15H21NO3/c1-15(2)8-12(15)14(18)16-9-13(17)10-5-4-6-11(7-10)19-3/h4-7,12-13,17H,8-9H2,1-3H3,(H,16,18). The number of carbonyl (C=O) groups is 1. The summed E-state index contributed by atoms with van der Waals surface area (Å²) in [5.74, 6) is 0.822. The van der Waals surface area contributed by atoms with Crippen molar-refractivity contribution in [3.8, 4) is 5.75 Å². The molecule has 1 saturated carbocycles. The molecule has 2 N–H and O–H groups in total. The minimum Gasteiger partial charge on any atom is -0.497 e. The minimum atomic E-state index is -0.707. The van der Waals surface area contributed by atoms with Crippen LogP contribution in [-0.4, -0.2) is 24.7 Å². The first-order chi connectivity index (χ1) is 8.94. The molecule has 4 nitrogen and oxygen atoms in total. The van der Waals surface area contributed by atoms with Crippen LogP contribution in [0.25, 0.3) is 0 Å². The number of carbonyl (C=O) groups excluding carboxylic acids is 1. The Morgan fingerprint density at radius 1 is 1.58 bits per heavy atom. The average Bonchev–Trinajstić information content (AvgIpc) is 3.04. The van der Waals surface area contributed by atoms with Gasteiger partial charge in [0, 0.05) is 12.5 Å². The molecule has 0 saturated heterocycles. The number of nitrogens with one attached hydrogen (secondary N) is 1. The van der Waals surface area contributed by atoms with Crippen molar-refractivity contribution < 1.29 is 14.6 Å². The molecule has 0 aromatic heterocycles. The fraction of sp³-hybridized carbons (Fsp3) is 0.533. The molecule has 1 fully saturated rings. The summed E-state index contributed by atoms with van der Waals surface area (Å²) in [7, 11) is 1.59. The van der Waals surface area contributed by atoms with Gasteiger partial charge in [0.15, 0.2) is 0 Å². The molecular formula is C15H21NO3. The maximum Gasteiger partial charge on any atom is 0.223 e. The third-order valence-corrected chi connectivity index (χ3v) is 3.78. The summed E-state index contributed by atoms with van der Waals surface area (Å²) >= 11 is 0. The van der Waals surface area contributed by atoms with Crippen molar-refractivity contribution in [1.82, 2.24) is 5.32 Å². The number of ether oxygens (including phenoxy) is 1. The number of amides is 1. The second kappa shape index (κ2) is 5.21. The summed E-state index contributed by atoms with van der Waals surface area (Å²) in [6.07, 6.45) is 0.217. The van der Waals surface area contributed by atoms with E-state index in [0.717, 1.165) is 12.0 Å². The van der Waals surface area contributed by atoms with Crippen molar-refractivity contribution in [2.45, 2.75) is 26.4 Å². The van der Waals surface area contributed by atoms with Gasteiger partial charge in [0.05, 0.1) is 13.2 Å². The number of aliphatic hydroxyl groups excluding tert-OH is 1. The molecular weight excluding hydrogens is 242 g/mol. The molecule has 0 spiro atoms. The Kier molecular flexibility index (Phi) is 3.80. The SMILES string of the molecule is COc1cccc(C(O)CNC(=O)C2CC2(C)C)c1. The zero-order chi connectivity index (χ0) is 14.0. The molecule has 1 aromatic carbocycles. The van der Waals surface area contributed by atoms with Gasteiger partial charge in [0.2, 0.25) is 5.91 Å². The summed E-state index contributed by atoms with van der Waals surface area (Å²) in [5, 5.41) is 12.9. The lowest BCUT2D eigenvalue weighted by atomic mass is 10.1. The Hall–Kier alpha value is -1.55. The maximum absolute atomic E-state index is 11.8. The van der Waals surface area contributed by atoms with Crippen molar-refractivity contribution >= 4 is 5.91 Å². The van der Waals surface area contributed by atoms with Crippen LogP contribution in [0.2, 0.25) is 0 Å². The second-order valence-corrected chi connectivity index (χ2v) is 5.78. The summed E-state index contributed by atoms with van der Waals surface area (Å²) in [6.45, 7) is 4.39. The van der Waals surface area contributed by atoms with Gasteiger partial charge in [-0.3, -0.25) is 4.79 Å². The smallest absolute Gasteiger partial charge is 0.223 e. The van der Waals surface area contributed by atoms with Crippen LogP contribution in [0.5, 0.6) is 5.75 Å². The number of hydrogen-bond acceptors (Lipinski definition) is 3. The van der Waals surface area contributed by atoms with E-state index >= 15 is 0 Å². The molecule has 1 aliphatic rings. The van der Waals surface area contributed by atoms with Crippen LogP contribution in [0, 0.1) is 11.3 Å². The molecule has 0 aliphatic heterocycles. The number of aliphatic hydroxyl groups is 1. The molecule has 1 aromatic rings. The van der Waals surface area contributed by atoms with Gasteiger partial charge in [-0.15, -0.1) is 0 Å². The Labute approximate surface area is 113 Å². The predicted octanol–water partition coefficient (Wildman–Crippen LogP) is 1.89. The highest BCUT2D eigenvalue weighted by Crippen LogP contribution is 2.51. The molecule has 0 bridgehead atoms. The molecule has 0 radical (unpaired) electrons. The molecule has 4 heteroatoms. The van der Waals surface area contributed by atoms with Gasteiger partial charge in [-0.25, -0.2) is 0 Å². The highest BCUT2D eigenvalue weighted by Gasteiger charge is 2.50. The molecule has 2 rings (SSSR count). The van der Waals surface area contributed by atoms with Crippen molar-refractivity contribution in [2.75, 3.05) is 13.7 Å². The summed E-state index contributed by atoms with van der Waals surface area (Å²) in [4.78, 5) is 11.8. The fourth-order valence-electron chi connectivity index (χ4n) is 2.20. The zero-order valence-electron chi connectivity index (χ0n) is 11.6. The van der Waals surface area contributed by atoms with Gasteiger partial charge in [-0.05, 0) is 29.5 Å². The average molecular weight is 263 g/mol. The molecule has 2 unspecified atom stereocenters. The molecule has 2 atom stereocenters. The first-order valence-electron chi connectivity index (χ1n) is 6.54. The van der Waals surface area contributed by atoms with Crippen LogP contribution >= 0.6 is 0 Å². The van der Waals surface area contributed by atoms with Crippen LogP contribution in [0.15, 0.2) is 24.3 Å². The van der Waals surface area contributed by atoms with Crippen LogP contribution in [0.4, 0.5) is 0 Å². The van der Waals surface area contributed by atoms with Gasteiger partial charge >= 0.3 is 0 Å². The topological polar surface area (TPSA) is 58.6 Å². The zero-order valence-corrected chi connectivity index (χ0v) is 11.6. The van der Waals surface area contributed by atoms with Gasteiger partial charge in [-0.1, -0.05) is 26.0 Å². The highest BCUT2D eigenvalue weighted by atomic mass is 16.5. The third-order valence-electron chi connectivity index (χ3n) is 3.78. The van der Waals surface area contributed by atoms with E-state index in [1.807, 2.05) is 18.2 Å². The van der Waals surface area contributed by atoms with E-state index < -0.39 is 6.10 Å². The monoisotopic (exact) mass is 263 g/mol. The lowest BCUT2D eigenvalue weighted by Crippen LogP contribution is -2.30. The number of hydrogen-bond donors (Lipinski definition) is 2. The lowest BCUT2D eigenvalue weighted by Gasteiger charge is -2.13. The van der Waals surface area contributed by atoms with E-state index in [4.69, 9.17) is 4.74 Å². The van der Waals surface area contributed by atoms with E-state index in [1.165, 1.54) is 0 Å². The van der Waals surface area contributed by atoms with Gasteiger partial charge in [-0.2, -0.15) is 0 Å². The second-order valence-electron chi connectivity index (χ2n) is 5.78. The quantitative estimate of drug-likeness (QED) is 0.853. The van der Waals surface area contributed by atoms with Crippen molar-refractivity contribution in [1.29, 1.82) is 0 Å². The van der Waals surface area contributed by atoms with Crippen molar-refractivity contribution in [3.63, 3.8) is 0 Å². The number of methoxy groups -OCH3 is 1. The lowest BCUT2D eigenvalue weighted by molar-refractivity contribution is -0.123. The number of benzene rings is 1. The maximum atomic E-state index is 11.8. The minimum absolute atomic E-state index is 0.0342. The largest absolute Gasteiger partial charge is 0.497 e. The van der Waals surface area contributed by atoms with E-state index in [0.29, 0.717) is 5.75 Å². The van der Waals surface area contributed by atoms with Crippen molar-refractivity contribution in [2.24, 2.45) is 11.3 Å². The van der Waals surface area contributed by atoms with Gasteiger partial charge in [0.1, 0.15) is 5.75 Å². The highest BCUT2D eigenvalue weighted by molar-refractivity contribution is 5.82. The first-order valence-corrected chi connectivity index (χ1v) is 6.54. The molecule has 1 aliphatic carbocycles. The van der Waals surface area contributed by atoms with Crippen LogP contribution in [0.3, 0.4) is 0 Å². The van der Waals surface area contributed by atoms with Crippen LogP contribution in [0.1, 0.15) is 31.9 Å². The van der Waals surface area contributed by atoms with E-state index in [2.05, 4.69) is 19.2 Å². The fourth-order valence-corrected chi connectivity index (χ4v) is 2.20. The Morgan fingerprint density at radius 2 is 2.26 bits per heavy atom. The van der Waals surface area contributed by atoms with Crippen LogP contribution < -0.4 is 10.1 Å². The van der Waals surface area contributed by atoms with E-state index in [1.54, 1.807) is 13.2 Å². The van der Waals surface area contributed by atoms with Gasteiger partial charge in [0.25, 0.3) is 0 Å². The molecule has 1 amide bonds. The summed E-state index contributed by atoms with van der Waals surface area (Å²) in [6, 6.07) is 7.24. The van der Waals surface area contributed by atoms with Gasteiger partial charge < -0.3 is 15.2 Å². The Morgan fingerprint density at radius 3 is 2.84 bits per heavy atom. The van der Waals surface area contributed by atoms with E-state index in [9.17, 15) is 9.90 Å². The predicted molar refractivity (Wildman–Crippen MR) is 72.9 cm³/mol. The first kappa shape index (κ1) is 13.9. The van der Waals surface area contributed by atoms with E-state index in [-0.39, 0.29) is 23.8 Å². The molecule has 0 heterocycles. The Balaban J connectivity index is 1.87. The van der Waals surface area contributed by atoms with Crippen molar-refractivity contribution in [3.05, 3.63) is 29.8 Å². The van der Waals surface area contributed by atoms with Crippen LogP contribution in [-0.2, 0) is 4.79 Å².